The van der Waals surface area contributed by atoms with Gasteiger partial charge in [-0.2, -0.15) is 0 Å². The van der Waals surface area contributed by atoms with E-state index in [9.17, 15) is 14.0 Å². The number of rotatable bonds is 3. The molecule has 106 valence electrons. The fourth-order valence-corrected chi connectivity index (χ4v) is 2.47. The fourth-order valence-electron chi connectivity index (χ4n) is 2.47. The van der Waals surface area contributed by atoms with Gasteiger partial charge in [0.05, 0.1) is 6.54 Å². The second-order valence-corrected chi connectivity index (χ2v) is 6.05. The topological polar surface area (TPSA) is 46.5 Å². The molecular formula is C16H18FNO2. The second kappa shape index (κ2) is 5.65. The van der Waals surface area contributed by atoms with Crippen LogP contribution in [0.5, 0.6) is 0 Å². The Morgan fingerprint density at radius 3 is 2.55 bits per heavy atom. The highest BCUT2D eigenvalue weighted by atomic mass is 19.1. The molecular weight excluding hydrogens is 257 g/mol. The molecule has 0 heterocycles. The molecule has 2 rings (SSSR count). The molecule has 4 heteroatoms. The van der Waals surface area contributed by atoms with Crippen LogP contribution in [0, 0.1) is 17.2 Å². The van der Waals surface area contributed by atoms with Gasteiger partial charge in [-0.15, -0.1) is 0 Å². The maximum Gasteiger partial charge on any atom is 0.149 e. The van der Waals surface area contributed by atoms with Crippen molar-refractivity contribution in [3.8, 4) is 0 Å². The first-order chi connectivity index (χ1) is 9.37. The number of aliphatic imine (C=N–C) groups is 1. The van der Waals surface area contributed by atoms with E-state index < -0.39 is 5.92 Å². The van der Waals surface area contributed by atoms with E-state index in [0.29, 0.717) is 12.8 Å². The van der Waals surface area contributed by atoms with E-state index in [4.69, 9.17) is 0 Å². The molecule has 20 heavy (non-hydrogen) atoms. The Balaban J connectivity index is 2.01. The predicted octanol–water partition coefficient (Wildman–Crippen LogP) is 2.97. The van der Waals surface area contributed by atoms with Gasteiger partial charge >= 0.3 is 0 Å². The third-order valence-electron chi connectivity index (χ3n) is 3.42. The molecule has 0 aliphatic heterocycles. The Bertz CT molecular complexity index is 543. The largest absolute Gasteiger partial charge is 0.298 e. The molecule has 0 N–H and O–H groups in total. The van der Waals surface area contributed by atoms with E-state index in [0.717, 1.165) is 5.56 Å². The number of halogens is 1. The molecule has 0 spiro atoms. The van der Waals surface area contributed by atoms with Crippen molar-refractivity contribution in [2.24, 2.45) is 16.3 Å². The Kier molecular flexibility index (Phi) is 4.12. The molecule has 0 amide bonds. The third kappa shape index (κ3) is 3.59. The minimum Gasteiger partial charge on any atom is -0.298 e. The van der Waals surface area contributed by atoms with E-state index in [1.54, 1.807) is 12.1 Å². The quantitative estimate of drug-likeness (QED) is 0.629. The zero-order chi connectivity index (χ0) is 14.8. The summed E-state index contributed by atoms with van der Waals surface area (Å²) >= 11 is 0. The minimum atomic E-state index is -0.725. The molecule has 1 aromatic rings. The lowest BCUT2D eigenvalue weighted by Crippen LogP contribution is -2.38. The highest BCUT2D eigenvalue weighted by Gasteiger charge is 2.38. The third-order valence-corrected chi connectivity index (χ3v) is 3.42. The second-order valence-electron chi connectivity index (χ2n) is 6.05. The number of hydrogen-bond acceptors (Lipinski definition) is 3. The first-order valence-electron chi connectivity index (χ1n) is 6.67. The standard InChI is InChI=1S/C16H18FNO2/c1-16(2)7-14(19)13(15(20)8-16)10-18-9-11-4-3-5-12(17)6-11/h3-6,10,13H,7-9H2,1-2H3. The Morgan fingerprint density at radius 2 is 1.95 bits per heavy atom. The van der Waals surface area contributed by atoms with Crippen LogP contribution in [-0.4, -0.2) is 17.8 Å². The van der Waals surface area contributed by atoms with Gasteiger partial charge < -0.3 is 0 Å². The van der Waals surface area contributed by atoms with Crippen molar-refractivity contribution < 1.29 is 14.0 Å². The molecule has 0 aromatic heterocycles. The molecule has 1 fully saturated rings. The van der Waals surface area contributed by atoms with E-state index in [1.807, 2.05) is 13.8 Å². The van der Waals surface area contributed by atoms with Gasteiger partial charge in [0.25, 0.3) is 0 Å². The SMILES string of the molecule is CC1(C)CC(=O)C(C=NCc2cccc(F)c2)C(=O)C1. The van der Waals surface area contributed by atoms with E-state index >= 15 is 0 Å². The van der Waals surface area contributed by atoms with E-state index in [2.05, 4.69) is 4.99 Å². The van der Waals surface area contributed by atoms with Crippen LogP contribution in [0.2, 0.25) is 0 Å². The van der Waals surface area contributed by atoms with Crippen LogP contribution in [0.1, 0.15) is 32.3 Å². The summed E-state index contributed by atoms with van der Waals surface area (Å²) < 4.78 is 13.0. The number of hydrogen-bond donors (Lipinski definition) is 0. The predicted molar refractivity (Wildman–Crippen MR) is 75.1 cm³/mol. The van der Waals surface area contributed by atoms with Gasteiger partial charge in [-0.1, -0.05) is 26.0 Å². The molecule has 0 radical (unpaired) electrons. The first-order valence-corrected chi connectivity index (χ1v) is 6.67. The number of Topliss-reactive ketones (excluding diaryl/α,β-unsaturated/α-hetero) is 2. The van der Waals surface area contributed by atoms with E-state index in [-0.39, 0.29) is 29.3 Å². The zero-order valence-electron chi connectivity index (χ0n) is 11.7. The Hall–Kier alpha value is -1.84. The average molecular weight is 275 g/mol. The van der Waals surface area contributed by atoms with Crippen LogP contribution in [0.3, 0.4) is 0 Å². The fraction of sp³-hybridized carbons (Fsp3) is 0.438. The van der Waals surface area contributed by atoms with Crippen molar-refractivity contribution in [2.75, 3.05) is 0 Å². The lowest BCUT2D eigenvalue weighted by molar-refractivity contribution is -0.136. The first kappa shape index (κ1) is 14.6. The van der Waals surface area contributed by atoms with Crippen molar-refractivity contribution >= 4 is 17.8 Å². The van der Waals surface area contributed by atoms with E-state index in [1.165, 1.54) is 18.3 Å². The smallest absolute Gasteiger partial charge is 0.149 e. The van der Waals surface area contributed by atoms with Gasteiger partial charge in [0, 0.05) is 19.1 Å². The molecule has 1 aromatic carbocycles. The monoisotopic (exact) mass is 275 g/mol. The molecule has 1 aliphatic rings. The normalized spacial score (nSPS) is 19.8. The summed E-state index contributed by atoms with van der Waals surface area (Å²) in [4.78, 5) is 28.0. The number of nitrogens with zero attached hydrogens (tertiary/aromatic N) is 1. The lowest BCUT2D eigenvalue weighted by Gasteiger charge is -2.30. The maximum absolute atomic E-state index is 13.0. The molecule has 1 aliphatic carbocycles. The van der Waals surface area contributed by atoms with Crippen molar-refractivity contribution in [1.82, 2.24) is 0 Å². The van der Waals surface area contributed by atoms with Gasteiger partial charge in [-0.05, 0) is 23.1 Å². The molecule has 0 atom stereocenters. The summed E-state index contributed by atoms with van der Waals surface area (Å²) in [6.45, 7) is 4.12. The summed E-state index contributed by atoms with van der Waals surface area (Å²) in [6.07, 6.45) is 2.22. The molecule has 0 unspecified atom stereocenters. The van der Waals surface area contributed by atoms with Gasteiger partial charge in [0.2, 0.25) is 0 Å². The van der Waals surface area contributed by atoms with Gasteiger partial charge in [-0.25, -0.2) is 4.39 Å². The highest BCUT2D eigenvalue weighted by molar-refractivity contribution is 6.16. The number of carbonyl (C=O) groups excluding carboxylic acids is 2. The lowest BCUT2D eigenvalue weighted by atomic mass is 9.72. The number of benzene rings is 1. The summed E-state index contributed by atoms with van der Waals surface area (Å²) in [5.74, 6) is -1.19. The van der Waals surface area contributed by atoms with Gasteiger partial charge in [-0.3, -0.25) is 14.6 Å². The van der Waals surface area contributed by atoms with Crippen LogP contribution in [-0.2, 0) is 16.1 Å². The van der Waals surface area contributed by atoms with Crippen LogP contribution in [0.4, 0.5) is 4.39 Å². The van der Waals surface area contributed by atoms with Crippen LogP contribution in [0.15, 0.2) is 29.3 Å². The van der Waals surface area contributed by atoms with Crippen LogP contribution >= 0.6 is 0 Å². The highest BCUT2D eigenvalue weighted by Crippen LogP contribution is 2.33. The van der Waals surface area contributed by atoms with Crippen LogP contribution < -0.4 is 0 Å². The summed E-state index contributed by atoms with van der Waals surface area (Å²) in [6, 6.07) is 6.13. The molecule has 1 saturated carbocycles. The van der Waals surface area contributed by atoms with Crippen LogP contribution in [0.25, 0.3) is 0 Å². The minimum absolute atomic E-state index is 0.0748. The summed E-state index contributed by atoms with van der Waals surface area (Å²) in [5.41, 5.74) is 0.471. The van der Waals surface area contributed by atoms with Gasteiger partial charge in [0.1, 0.15) is 23.3 Å². The Labute approximate surface area is 117 Å². The zero-order valence-corrected chi connectivity index (χ0v) is 11.7. The molecule has 0 saturated heterocycles. The van der Waals surface area contributed by atoms with Crippen molar-refractivity contribution in [2.45, 2.75) is 33.2 Å². The summed E-state index contributed by atoms with van der Waals surface area (Å²) in [5, 5.41) is 0. The van der Waals surface area contributed by atoms with Crippen molar-refractivity contribution in [3.63, 3.8) is 0 Å². The Morgan fingerprint density at radius 1 is 1.30 bits per heavy atom. The summed E-state index contributed by atoms with van der Waals surface area (Å²) in [7, 11) is 0. The number of carbonyl (C=O) groups is 2. The van der Waals surface area contributed by atoms with Crippen molar-refractivity contribution in [1.29, 1.82) is 0 Å². The molecule has 0 bridgehead atoms. The molecule has 3 nitrogen and oxygen atoms in total. The van der Waals surface area contributed by atoms with Crippen molar-refractivity contribution in [3.05, 3.63) is 35.6 Å². The van der Waals surface area contributed by atoms with Gasteiger partial charge in [0.15, 0.2) is 0 Å². The number of ketones is 2. The maximum atomic E-state index is 13.0. The average Bonchev–Trinajstić information content (AvgIpc) is 2.31.